The van der Waals surface area contributed by atoms with Gasteiger partial charge in [-0.2, -0.15) is 0 Å². The Kier molecular flexibility index (Phi) is 6.89. The fourth-order valence-corrected chi connectivity index (χ4v) is 3.36. The average molecular weight is 386 g/mol. The van der Waals surface area contributed by atoms with Crippen LogP contribution in [0.4, 0.5) is 4.79 Å². The summed E-state index contributed by atoms with van der Waals surface area (Å²) < 4.78 is 5.33. The van der Waals surface area contributed by atoms with Gasteiger partial charge in [0.2, 0.25) is 11.8 Å². The van der Waals surface area contributed by atoms with E-state index in [2.05, 4.69) is 15.2 Å². The molecule has 0 spiro atoms. The highest BCUT2D eigenvalue weighted by Gasteiger charge is 2.41. The molecule has 0 aromatic heterocycles. The maximum Gasteiger partial charge on any atom is 0.331 e. The molecule has 2 heterocycles. The van der Waals surface area contributed by atoms with Crippen molar-refractivity contribution in [3.63, 3.8) is 0 Å². The van der Waals surface area contributed by atoms with Crippen LogP contribution in [0.25, 0.3) is 0 Å². The van der Waals surface area contributed by atoms with Crippen LogP contribution in [0, 0.1) is 5.92 Å². The smallest absolute Gasteiger partial charge is 0.331 e. The number of hydrogen-bond donors (Lipinski definition) is 1. The Balaban J connectivity index is 1.59. The molecule has 0 bridgehead atoms. The standard InChI is InChI=1S/C20H26N4O4/c1-15(21-8-5-9-23-10-12-28-13-11-23)17-18(25)22-20(27)24(19(17)26)14-16-6-3-2-4-7-16/h2-4,6-7,17H,5,8-14H2,1H3,(H,22,25,27). The quantitative estimate of drug-likeness (QED) is 0.430. The molecule has 0 aliphatic carbocycles. The minimum Gasteiger partial charge on any atom is -0.379 e. The second kappa shape index (κ2) is 9.57. The topological polar surface area (TPSA) is 91.3 Å². The molecule has 1 N–H and O–H groups in total. The van der Waals surface area contributed by atoms with Gasteiger partial charge in [0, 0.05) is 31.9 Å². The van der Waals surface area contributed by atoms with Gasteiger partial charge < -0.3 is 4.74 Å². The Hall–Kier alpha value is -2.58. The molecule has 8 heteroatoms. The summed E-state index contributed by atoms with van der Waals surface area (Å²) in [6, 6.07) is 8.52. The molecule has 150 valence electrons. The molecule has 1 unspecified atom stereocenters. The molecule has 2 saturated heterocycles. The van der Waals surface area contributed by atoms with Crippen LogP contribution >= 0.6 is 0 Å². The van der Waals surface area contributed by atoms with E-state index in [-0.39, 0.29) is 6.54 Å². The third-order valence-electron chi connectivity index (χ3n) is 4.95. The molecular weight excluding hydrogens is 360 g/mol. The zero-order valence-corrected chi connectivity index (χ0v) is 16.1. The Labute approximate surface area is 164 Å². The maximum absolute atomic E-state index is 12.8. The van der Waals surface area contributed by atoms with Gasteiger partial charge in [0.1, 0.15) is 0 Å². The number of barbiturate groups is 1. The molecule has 2 fully saturated rings. The SMILES string of the molecule is CC(=NCCCN1CCOCC1)C1C(=O)NC(=O)N(Cc2ccccc2)C1=O. The Morgan fingerprint density at radius 1 is 1.18 bits per heavy atom. The summed E-state index contributed by atoms with van der Waals surface area (Å²) in [5, 5.41) is 2.28. The molecule has 1 atom stereocenters. The maximum atomic E-state index is 12.8. The van der Waals surface area contributed by atoms with Gasteiger partial charge in [0.05, 0.1) is 19.8 Å². The normalized spacial score (nSPS) is 21.8. The van der Waals surface area contributed by atoms with Crippen LogP contribution < -0.4 is 5.32 Å². The number of urea groups is 1. The molecule has 3 rings (SSSR count). The van der Waals surface area contributed by atoms with Gasteiger partial charge >= 0.3 is 6.03 Å². The lowest BCUT2D eigenvalue weighted by Gasteiger charge is -2.30. The third kappa shape index (κ3) is 5.02. The number of carbonyl (C=O) groups is 3. The molecule has 0 saturated carbocycles. The summed E-state index contributed by atoms with van der Waals surface area (Å²) in [6.45, 7) is 6.59. The number of aliphatic imine (C=N–C) groups is 1. The monoisotopic (exact) mass is 386 g/mol. The summed E-state index contributed by atoms with van der Waals surface area (Å²) in [7, 11) is 0. The third-order valence-corrected chi connectivity index (χ3v) is 4.95. The number of rotatable bonds is 7. The van der Waals surface area contributed by atoms with Crippen LogP contribution in [0.15, 0.2) is 35.3 Å². The number of nitrogens with zero attached hydrogens (tertiary/aromatic N) is 3. The van der Waals surface area contributed by atoms with Crippen LogP contribution in [0.2, 0.25) is 0 Å². The van der Waals surface area contributed by atoms with Crippen molar-refractivity contribution in [3.8, 4) is 0 Å². The van der Waals surface area contributed by atoms with Crippen LogP contribution in [0.3, 0.4) is 0 Å². The first kappa shape index (κ1) is 20.2. The number of ether oxygens (including phenoxy) is 1. The second-order valence-electron chi connectivity index (χ2n) is 6.97. The Morgan fingerprint density at radius 3 is 2.61 bits per heavy atom. The van der Waals surface area contributed by atoms with Crippen molar-refractivity contribution < 1.29 is 19.1 Å². The van der Waals surface area contributed by atoms with Crippen molar-refractivity contribution in [2.75, 3.05) is 39.4 Å². The summed E-state index contributed by atoms with van der Waals surface area (Å²) in [5.74, 6) is -2.18. The number of imide groups is 2. The molecule has 8 nitrogen and oxygen atoms in total. The molecule has 0 radical (unpaired) electrons. The predicted molar refractivity (Wildman–Crippen MR) is 104 cm³/mol. The lowest BCUT2D eigenvalue weighted by Crippen LogP contribution is -2.59. The van der Waals surface area contributed by atoms with E-state index in [0.29, 0.717) is 12.3 Å². The summed E-state index contributed by atoms with van der Waals surface area (Å²) in [6.07, 6.45) is 0.840. The Bertz CT molecular complexity index is 744. The van der Waals surface area contributed by atoms with E-state index in [9.17, 15) is 14.4 Å². The highest BCUT2D eigenvalue weighted by molar-refractivity contribution is 6.27. The summed E-state index contributed by atoms with van der Waals surface area (Å²) in [5.41, 5.74) is 1.26. The van der Waals surface area contributed by atoms with Crippen molar-refractivity contribution in [1.82, 2.24) is 15.1 Å². The highest BCUT2D eigenvalue weighted by atomic mass is 16.5. The van der Waals surface area contributed by atoms with Crippen LogP contribution in [-0.2, 0) is 20.9 Å². The average Bonchev–Trinajstić information content (AvgIpc) is 2.70. The largest absolute Gasteiger partial charge is 0.379 e. The van der Waals surface area contributed by atoms with E-state index >= 15 is 0 Å². The van der Waals surface area contributed by atoms with Gasteiger partial charge in [-0.15, -0.1) is 0 Å². The minimum absolute atomic E-state index is 0.125. The molecule has 1 aromatic rings. The molecular formula is C20H26N4O4. The summed E-state index contributed by atoms with van der Waals surface area (Å²) >= 11 is 0. The van der Waals surface area contributed by atoms with Crippen LogP contribution in [0.5, 0.6) is 0 Å². The predicted octanol–water partition coefficient (Wildman–Crippen LogP) is 1.06. The molecule has 2 aliphatic rings. The van der Waals surface area contributed by atoms with Crippen molar-refractivity contribution in [2.45, 2.75) is 19.9 Å². The fraction of sp³-hybridized carbons (Fsp3) is 0.500. The zero-order valence-electron chi connectivity index (χ0n) is 16.1. The van der Waals surface area contributed by atoms with E-state index in [1.165, 1.54) is 0 Å². The molecule has 2 aliphatic heterocycles. The number of carbonyl (C=O) groups excluding carboxylic acids is 3. The fourth-order valence-electron chi connectivity index (χ4n) is 3.36. The van der Waals surface area contributed by atoms with Crippen LogP contribution in [0.1, 0.15) is 18.9 Å². The lowest BCUT2D eigenvalue weighted by molar-refractivity contribution is -0.139. The lowest BCUT2D eigenvalue weighted by atomic mass is 9.99. The van der Waals surface area contributed by atoms with Crippen molar-refractivity contribution in [2.24, 2.45) is 10.9 Å². The van der Waals surface area contributed by atoms with E-state index < -0.39 is 23.8 Å². The van der Waals surface area contributed by atoms with Crippen molar-refractivity contribution in [1.29, 1.82) is 0 Å². The van der Waals surface area contributed by atoms with E-state index in [1.807, 2.05) is 30.3 Å². The number of amides is 4. The van der Waals surface area contributed by atoms with E-state index in [0.717, 1.165) is 49.7 Å². The number of hydrogen-bond acceptors (Lipinski definition) is 6. The molecule has 4 amide bonds. The van der Waals surface area contributed by atoms with Gasteiger partial charge in [0.25, 0.3) is 0 Å². The van der Waals surface area contributed by atoms with Gasteiger partial charge in [-0.05, 0) is 18.9 Å². The first-order valence-electron chi connectivity index (χ1n) is 9.57. The van der Waals surface area contributed by atoms with Crippen LogP contribution in [-0.4, -0.2) is 72.7 Å². The van der Waals surface area contributed by atoms with E-state index in [4.69, 9.17) is 4.74 Å². The van der Waals surface area contributed by atoms with Gasteiger partial charge in [-0.1, -0.05) is 30.3 Å². The highest BCUT2D eigenvalue weighted by Crippen LogP contribution is 2.16. The first-order valence-corrected chi connectivity index (χ1v) is 9.57. The number of morpholine rings is 1. The van der Waals surface area contributed by atoms with Gasteiger partial charge in [-0.25, -0.2) is 4.79 Å². The van der Waals surface area contributed by atoms with Crippen molar-refractivity contribution in [3.05, 3.63) is 35.9 Å². The molecule has 1 aromatic carbocycles. The summed E-state index contributed by atoms with van der Waals surface area (Å²) in [4.78, 5) is 45.0. The zero-order chi connectivity index (χ0) is 19.9. The van der Waals surface area contributed by atoms with E-state index in [1.54, 1.807) is 6.92 Å². The number of benzene rings is 1. The Morgan fingerprint density at radius 2 is 1.89 bits per heavy atom. The minimum atomic E-state index is -1.05. The first-order chi connectivity index (χ1) is 13.6. The van der Waals surface area contributed by atoms with Gasteiger partial charge in [-0.3, -0.25) is 29.7 Å². The van der Waals surface area contributed by atoms with Gasteiger partial charge in [0.15, 0.2) is 5.92 Å². The number of nitrogens with one attached hydrogen (secondary N) is 1. The van der Waals surface area contributed by atoms with Crippen molar-refractivity contribution >= 4 is 23.6 Å². The molecule has 28 heavy (non-hydrogen) atoms. The second-order valence-corrected chi connectivity index (χ2v) is 6.97.